The average molecular weight is 653 g/mol. The highest BCUT2D eigenvalue weighted by atomic mass is 32.1. The van der Waals surface area contributed by atoms with Gasteiger partial charge in [-0.1, -0.05) is 89.8 Å². The zero-order valence-electron chi connectivity index (χ0n) is 28.2. The highest BCUT2D eigenvalue weighted by Crippen LogP contribution is 2.30. The van der Waals surface area contributed by atoms with Crippen LogP contribution in [0.3, 0.4) is 0 Å². The van der Waals surface area contributed by atoms with Crippen LogP contribution in [0, 0.1) is 5.92 Å². The predicted octanol–water partition coefficient (Wildman–Crippen LogP) is 8.39. The lowest BCUT2D eigenvalue weighted by molar-refractivity contribution is -0.123. The molecule has 0 unspecified atom stereocenters. The average Bonchev–Trinajstić information content (AvgIpc) is 3.76. The Hall–Kier alpha value is -4.04. The number of unbranched alkanes of at least 4 members (excludes halogenated alkanes) is 4. The van der Waals surface area contributed by atoms with Crippen LogP contribution in [0.5, 0.6) is 5.75 Å². The summed E-state index contributed by atoms with van der Waals surface area (Å²) >= 11 is 1.48. The van der Waals surface area contributed by atoms with Crippen LogP contribution in [0.15, 0.2) is 73.1 Å². The van der Waals surface area contributed by atoms with Crippen LogP contribution in [-0.4, -0.2) is 41.0 Å². The largest absolute Gasteiger partial charge is 0.494 e. The fourth-order valence-electron chi connectivity index (χ4n) is 5.28. The molecule has 8 heteroatoms. The zero-order chi connectivity index (χ0) is 33.2. The molecule has 7 nitrogen and oxygen atoms in total. The molecule has 1 aliphatic carbocycles. The van der Waals surface area contributed by atoms with Crippen molar-refractivity contribution in [2.75, 3.05) is 13.2 Å². The van der Waals surface area contributed by atoms with Gasteiger partial charge in [0.05, 0.1) is 11.5 Å². The summed E-state index contributed by atoms with van der Waals surface area (Å²) in [5.41, 5.74) is 3.76. The molecule has 2 aromatic heterocycles. The Kier molecular flexibility index (Phi) is 11.8. The van der Waals surface area contributed by atoms with E-state index in [1.54, 1.807) is 0 Å². The third kappa shape index (κ3) is 10.2. The molecule has 1 atom stereocenters. The molecule has 1 saturated carbocycles. The van der Waals surface area contributed by atoms with Crippen LogP contribution < -0.4 is 15.4 Å². The minimum atomic E-state index is -0.676. The molecular weight excluding hydrogens is 605 g/mol. The molecule has 2 aromatic carbocycles. The van der Waals surface area contributed by atoms with Crippen LogP contribution in [0.4, 0.5) is 0 Å². The number of hydrogen-bond donors (Lipinski definition) is 2. The van der Waals surface area contributed by atoms with Crippen LogP contribution in [0.1, 0.15) is 92.8 Å². The second kappa shape index (κ2) is 16.2. The van der Waals surface area contributed by atoms with Gasteiger partial charge < -0.3 is 15.4 Å². The van der Waals surface area contributed by atoms with E-state index in [0.717, 1.165) is 58.7 Å². The van der Waals surface area contributed by atoms with Gasteiger partial charge in [-0.25, -0.2) is 9.97 Å². The van der Waals surface area contributed by atoms with E-state index in [2.05, 4.69) is 48.3 Å². The first-order valence-corrected chi connectivity index (χ1v) is 17.8. The summed E-state index contributed by atoms with van der Waals surface area (Å²) in [4.78, 5) is 37.4. The van der Waals surface area contributed by atoms with E-state index in [9.17, 15) is 9.59 Å². The topological polar surface area (TPSA) is 93.2 Å². The van der Waals surface area contributed by atoms with Gasteiger partial charge >= 0.3 is 0 Å². The number of benzene rings is 2. The normalized spacial score (nSPS) is 13.6. The van der Waals surface area contributed by atoms with Gasteiger partial charge in [-0.2, -0.15) is 0 Å². The van der Waals surface area contributed by atoms with E-state index < -0.39 is 6.04 Å². The molecule has 2 amide bonds. The lowest BCUT2D eigenvalue weighted by Gasteiger charge is -2.19. The van der Waals surface area contributed by atoms with Crippen molar-refractivity contribution < 1.29 is 14.3 Å². The van der Waals surface area contributed by atoms with Gasteiger partial charge in [0.2, 0.25) is 5.91 Å². The number of ether oxygens (including phenoxy) is 1. The summed E-state index contributed by atoms with van der Waals surface area (Å²) < 4.78 is 5.90. The molecule has 0 radical (unpaired) electrons. The molecule has 0 spiro atoms. The number of nitrogens with one attached hydrogen (secondary N) is 2. The molecule has 0 aliphatic heterocycles. The fourth-order valence-corrected chi connectivity index (χ4v) is 6.25. The molecule has 4 aromatic rings. The van der Waals surface area contributed by atoms with E-state index in [-0.39, 0.29) is 17.2 Å². The van der Waals surface area contributed by atoms with Crippen molar-refractivity contribution >= 4 is 23.2 Å². The number of amides is 2. The number of nitrogens with zero attached hydrogens (tertiary/aromatic N) is 2. The van der Waals surface area contributed by atoms with Crippen LogP contribution in [0.25, 0.3) is 22.5 Å². The maximum atomic E-state index is 13.2. The van der Waals surface area contributed by atoms with E-state index in [0.29, 0.717) is 29.6 Å². The SMILES string of the molecule is CCCCCCCOc1ccc(-c2cnc(-c3ccc(C[C@H](NC(=O)c4ccc(C(C)(C)C)s4)C(=O)NCC4CC4)cc3)nc2)cc1. The van der Waals surface area contributed by atoms with Gasteiger partial charge in [0.25, 0.3) is 5.91 Å². The van der Waals surface area contributed by atoms with Gasteiger partial charge in [0.15, 0.2) is 5.82 Å². The summed E-state index contributed by atoms with van der Waals surface area (Å²) in [6, 6.07) is 19.1. The molecule has 1 aliphatic rings. The monoisotopic (exact) mass is 652 g/mol. The van der Waals surface area contributed by atoms with Gasteiger partial charge in [0, 0.05) is 41.4 Å². The summed E-state index contributed by atoms with van der Waals surface area (Å²) in [5.74, 6) is 1.69. The third-order valence-corrected chi connectivity index (χ3v) is 9.97. The first-order chi connectivity index (χ1) is 22.7. The van der Waals surface area contributed by atoms with Gasteiger partial charge in [-0.05, 0) is 66.0 Å². The number of hydrogen-bond acceptors (Lipinski definition) is 6. The van der Waals surface area contributed by atoms with Crippen molar-refractivity contribution in [3.05, 3.63) is 88.4 Å². The van der Waals surface area contributed by atoms with Crippen molar-refractivity contribution in [3.63, 3.8) is 0 Å². The smallest absolute Gasteiger partial charge is 0.262 e. The minimum absolute atomic E-state index is 0.0380. The number of carbonyl (C=O) groups is 2. The van der Waals surface area contributed by atoms with E-state index in [1.807, 2.05) is 73.1 Å². The number of aromatic nitrogens is 2. The second-order valence-corrected chi connectivity index (χ2v) is 14.7. The summed E-state index contributed by atoms with van der Waals surface area (Å²) in [5, 5.41) is 6.06. The molecule has 47 heavy (non-hydrogen) atoms. The van der Waals surface area contributed by atoms with Crippen molar-refractivity contribution in [1.82, 2.24) is 20.6 Å². The highest BCUT2D eigenvalue weighted by molar-refractivity contribution is 7.14. The van der Waals surface area contributed by atoms with Crippen LogP contribution in [-0.2, 0) is 16.6 Å². The summed E-state index contributed by atoms with van der Waals surface area (Å²) in [7, 11) is 0. The maximum absolute atomic E-state index is 13.2. The summed E-state index contributed by atoms with van der Waals surface area (Å²) in [6.07, 6.45) is 12.5. The second-order valence-electron chi connectivity index (χ2n) is 13.6. The van der Waals surface area contributed by atoms with Gasteiger partial charge in [-0.3, -0.25) is 9.59 Å². The van der Waals surface area contributed by atoms with E-state index >= 15 is 0 Å². The molecule has 1 fully saturated rings. The number of rotatable bonds is 16. The molecule has 248 valence electrons. The zero-order valence-corrected chi connectivity index (χ0v) is 29.0. The van der Waals surface area contributed by atoms with Crippen molar-refractivity contribution in [1.29, 1.82) is 0 Å². The van der Waals surface area contributed by atoms with E-state index in [1.165, 1.54) is 37.0 Å². The highest BCUT2D eigenvalue weighted by Gasteiger charge is 2.27. The Bertz CT molecular complexity index is 1590. The van der Waals surface area contributed by atoms with Gasteiger partial charge in [-0.15, -0.1) is 11.3 Å². The Balaban J connectivity index is 1.19. The van der Waals surface area contributed by atoms with Crippen molar-refractivity contribution in [2.24, 2.45) is 5.92 Å². The van der Waals surface area contributed by atoms with Crippen molar-refractivity contribution in [2.45, 2.75) is 90.5 Å². The minimum Gasteiger partial charge on any atom is -0.494 e. The van der Waals surface area contributed by atoms with Crippen LogP contribution >= 0.6 is 11.3 Å². The Morgan fingerprint density at radius 2 is 1.55 bits per heavy atom. The molecule has 2 heterocycles. The molecule has 5 rings (SSSR count). The Labute approximate surface area is 283 Å². The summed E-state index contributed by atoms with van der Waals surface area (Å²) in [6.45, 7) is 10.0. The lowest BCUT2D eigenvalue weighted by atomic mass is 9.95. The van der Waals surface area contributed by atoms with E-state index in [4.69, 9.17) is 4.74 Å². The Morgan fingerprint density at radius 3 is 2.19 bits per heavy atom. The molecule has 0 bridgehead atoms. The molecular formula is C39H48N4O3S. The quantitative estimate of drug-likeness (QED) is 0.119. The van der Waals surface area contributed by atoms with Gasteiger partial charge in [0.1, 0.15) is 11.8 Å². The number of carbonyl (C=O) groups excluding carboxylic acids is 2. The number of thiophene rings is 1. The lowest BCUT2D eigenvalue weighted by Crippen LogP contribution is -2.48. The molecule has 2 N–H and O–H groups in total. The van der Waals surface area contributed by atoms with Crippen molar-refractivity contribution in [3.8, 4) is 28.3 Å². The Morgan fingerprint density at radius 1 is 0.872 bits per heavy atom. The standard InChI is InChI=1S/C39H48N4O3S/c1-5-6-7-8-9-22-46-32-18-16-29(17-19-32)31-25-40-36(41-26-31)30-14-12-27(13-15-30)23-33(37(44)42-24-28-10-11-28)43-38(45)34-20-21-35(47-34)39(2,3)4/h12-21,25-26,28,33H,5-11,22-24H2,1-4H3,(H,42,44)(H,43,45)/t33-/m0/s1. The third-order valence-electron chi connectivity index (χ3n) is 8.46. The maximum Gasteiger partial charge on any atom is 0.262 e. The first-order valence-electron chi connectivity index (χ1n) is 17.0. The predicted molar refractivity (Wildman–Crippen MR) is 191 cm³/mol. The molecule has 0 saturated heterocycles. The first kappa shape index (κ1) is 34.3. The van der Waals surface area contributed by atoms with Crippen LogP contribution in [0.2, 0.25) is 0 Å². The fraction of sp³-hybridized carbons (Fsp3) is 0.436.